The van der Waals surface area contributed by atoms with E-state index in [1.807, 2.05) is 25.1 Å². The molecule has 1 aromatic carbocycles. The molecule has 1 aliphatic rings. The smallest absolute Gasteiger partial charge is 0.251 e. The lowest BCUT2D eigenvalue weighted by Crippen LogP contribution is -2.40. The maximum absolute atomic E-state index is 11.9. The molecule has 3 N–H and O–H groups in total. The van der Waals surface area contributed by atoms with Crippen LogP contribution in [0.25, 0.3) is 0 Å². The number of rotatable bonds is 5. The third-order valence-electron chi connectivity index (χ3n) is 3.37. The molecule has 0 saturated carbocycles. The average molecular weight is 312 g/mol. The summed E-state index contributed by atoms with van der Waals surface area (Å²) >= 11 is 0. The van der Waals surface area contributed by atoms with E-state index in [2.05, 4.69) is 16.0 Å². The lowest BCUT2D eigenvalue weighted by molar-refractivity contribution is -0.122. The second-order valence-electron chi connectivity index (χ2n) is 4.93. The summed E-state index contributed by atoms with van der Waals surface area (Å²) < 4.78 is 0. The fourth-order valence-corrected chi connectivity index (χ4v) is 2.31. The Labute approximate surface area is 131 Å². The molecular weight excluding hydrogens is 290 g/mol. The van der Waals surface area contributed by atoms with Gasteiger partial charge in [-0.05, 0) is 44.0 Å². The molecule has 2 amide bonds. The molecule has 2 rings (SSSR count). The van der Waals surface area contributed by atoms with Crippen molar-refractivity contribution in [3.8, 4) is 0 Å². The van der Waals surface area contributed by atoms with Crippen LogP contribution < -0.4 is 16.0 Å². The van der Waals surface area contributed by atoms with Crippen LogP contribution in [-0.4, -0.2) is 30.9 Å². The van der Waals surface area contributed by atoms with E-state index in [-0.39, 0.29) is 30.3 Å². The number of hydrogen-bond acceptors (Lipinski definition) is 3. The Morgan fingerprint density at radius 3 is 2.81 bits per heavy atom. The molecule has 21 heavy (non-hydrogen) atoms. The number of carbonyl (C=O) groups is 2. The van der Waals surface area contributed by atoms with Crippen molar-refractivity contribution >= 4 is 24.2 Å². The molecule has 0 spiro atoms. The lowest BCUT2D eigenvalue weighted by Gasteiger charge is -2.11. The molecule has 1 unspecified atom stereocenters. The molecule has 0 radical (unpaired) electrons. The van der Waals surface area contributed by atoms with E-state index in [9.17, 15) is 9.59 Å². The summed E-state index contributed by atoms with van der Waals surface area (Å²) in [6, 6.07) is 7.26. The van der Waals surface area contributed by atoms with Crippen molar-refractivity contribution in [3.05, 3.63) is 35.4 Å². The summed E-state index contributed by atoms with van der Waals surface area (Å²) in [4.78, 5) is 23.6. The molecule has 0 aliphatic carbocycles. The molecular formula is C15H22ClN3O2. The maximum Gasteiger partial charge on any atom is 0.251 e. The van der Waals surface area contributed by atoms with Crippen molar-refractivity contribution in [2.75, 3.05) is 13.1 Å². The van der Waals surface area contributed by atoms with Crippen LogP contribution in [0.4, 0.5) is 0 Å². The van der Waals surface area contributed by atoms with Crippen LogP contribution in [0.5, 0.6) is 0 Å². The zero-order valence-corrected chi connectivity index (χ0v) is 13.0. The van der Waals surface area contributed by atoms with Gasteiger partial charge in [-0.15, -0.1) is 12.4 Å². The summed E-state index contributed by atoms with van der Waals surface area (Å²) in [7, 11) is 0. The Morgan fingerprint density at radius 2 is 2.14 bits per heavy atom. The van der Waals surface area contributed by atoms with Crippen molar-refractivity contribution in [2.24, 2.45) is 0 Å². The number of nitrogens with one attached hydrogen (secondary N) is 3. The van der Waals surface area contributed by atoms with E-state index in [0.29, 0.717) is 18.7 Å². The minimum absolute atomic E-state index is 0. The minimum Gasteiger partial charge on any atom is -0.352 e. The van der Waals surface area contributed by atoms with Crippen LogP contribution in [0.2, 0.25) is 0 Å². The van der Waals surface area contributed by atoms with Gasteiger partial charge in [0.1, 0.15) is 0 Å². The summed E-state index contributed by atoms with van der Waals surface area (Å²) in [5.74, 6) is -0.0518. The van der Waals surface area contributed by atoms with Gasteiger partial charge in [-0.25, -0.2) is 0 Å². The zero-order valence-electron chi connectivity index (χ0n) is 12.1. The molecule has 1 aliphatic heterocycles. The molecule has 0 aromatic heterocycles. The third-order valence-corrected chi connectivity index (χ3v) is 3.37. The van der Waals surface area contributed by atoms with Gasteiger partial charge in [-0.3, -0.25) is 9.59 Å². The topological polar surface area (TPSA) is 70.2 Å². The maximum atomic E-state index is 11.9. The Morgan fingerprint density at radius 1 is 1.33 bits per heavy atom. The van der Waals surface area contributed by atoms with E-state index in [1.54, 1.807) is 6.07 Å². The number of benzene rings is 1. The van der Waals surface area contributed by atoms with E-state index in [4.69, 9.17) is 0 Å². The van der Waals surface area contributed by atoms with Gasteiger partial charge in [0.25, 0.3) is 5.91 Å². The largest absolute Gasteiger partial charge is 0.352 e. The highest BCUT2D eigenvalue weighted by atomic mass is 35.5. The number of carbonyl (C=O) groups excluding carboxylic acids is 2. The molecule has 116 valence electrons. The predicted octanol–water partition coefficient (Wildman–Crippen LogP) is 1.23. The quantitative estimate of drug-likeness (QED) is 0.766. The Balaban J connectivity index is 0.00000220. The van der Waals surface area contributed by atoms with Gasteiger partial charge in [0, 0.05) is 18.7 Å². The minimum atomic E-state index is -0.0851. The van der Waals surface area contributed by atoms with Crippen molar-refractivity contribution < 1.29 is 9.59 Å². The first kappa shape index (κ1) is 17.5. The summed E-state index contributed by atoms with van der Waals surface area (Å²) in [5.41, 5.74) is 1.55. The van der Waals surface area contributed by atoms with Gasteiger partial charge in [0.05, 0.1) is 6.04 Å². The summed E-state index contributed by atoms with van der Waals surface area (Å²) in [5, 5.41) is 8.83. The zero-order chi connectivity index (χ0) is 14.4. The predicted molar refractivity (Wildman–Crippen MR) is 84.6 cm³/mol. The molecule has 6 heteroatoms. The monoisotopic (exact) mass is 311 g/mol. The van der Waals surface area contributed by atoms with Crippen LogP contribution in [0.3, 0.4) is 0 Å². The number of hydrogen-bond donors (Lipinski definition) is 3. The van der Waals surface area contributed by atoms with Crippen LogP contribution in [0.1, 0.15) is 35.7 Å². The van der Waals surface area contributed by atoms with Crippen molar-refractivity contribution in [1.82, 2.24) is 16.0 Å². The van der Waals surface area contributed by atoms with E-state index >= 15 is 0 Å². The first-order chi connectivity index (χ1) is 9.70. The first-order valence-corrected chi connectivity index (χ1v) is 7.09. The van der Waals surface area contributed by atoms with Crippen molar-refractivity contribution in [1.29, 1.82) is 0 Å². The van der Waals surface area contributed by atoms with Crippen LogP contribution in [-0.2, 0) is 11.3 Å². The van der Waals surface area contributed by atoms with Crippen LogP contribution in [0, 0.1) is 0 Å². The van der Waals surface area contributed by atoms with Gasteiger partial charge in [0.2, 0.25) is 5.91 Å². The highest BCUT2D eigenvalue weighted by molar-refractivity contribution is 5.94. The van der Waals surface area contributed by atoms with E-state index in [1.165, 1.54) is 0 Å². The fourth-order valence-electron chi connectivity index (χ4n) is 2.31. The number of halogens is 1. The van der Waals surface area contributed by atoms with E-state index < -0.39 is 0 Å². The van der Waals surface area contributed by atoms with Crippen LogP contribution in [0.15, 0.2) is 24.3 Å². The fraction of sp³-hybridized carbons (Fsp3) is 0.467. The van der Waals surface area contributed by atoms with Gasteiger partial charge >= 0.3 is 0 Å². The molecule has 1 saturated heterocycles. The van der Waals surface area contributed by atoms with Gasteiger partial charge in [-0.1, -0.05) is 12.1 Å². The lowest BCUT2D eigenvalue weighted by atomic mass is 10.1. The molecule has 1 fully saturated rings. The Kier molecular flexibility index (Phi) is 7.19. The molecule has 1 heterocycles. The van der Waals surface area contributed by atoms with Crippen molar-refractivity contribution in [2.45, 2.75) is 32.4 Å². The van der Waals surface area contributed by atoms with Gasteiger partial charge in [-0.2, -0.15) is 0 Å². The number of amides is 2. The highest BCUT2D eigenvalue weighted by Gasteiger charge is 2.21. The van der Waals surface area contributed by atoms with E-state index in [0.717, 1.165) is 24.9 Å². The van der Waals surface area contributed by atoms with Crippen LogP contribution >= 0.6 is 12.4 Å². The molecule has 0 bridgehead atoms. The second kappa shape index (κ2) is 8.64. The Bertz CT molecular complexity index is 488. The molecule has 5 nitrogen and oxygen atoms in total. The van der Waals surface area contributed by atoms with Crippen molar-refractivity contribution in [3.63, 3.8) is 0 Å². The normalized spacial score (nSPS) is 16.9. The van der Waals surface area contributed by atoms with Gasteiger partial charge < -0.3 is 16.0 Å². The summed E-state index contributed by atoms with van der Waals surface area (Å²) in [6.07, 6.45) is 1.94. The molecule has 1 atom stereocenters. The second-order valence-corrected chi connectivity index (χ2v) is 4.93. The summed E-state index contributed by atoms with van der Waals surface area (Å²) in [6.45, 7) is 3.85. The average Bonchev–Trinajstić information content (AvgIpc) is 2.99. The highest BCUT2D eigenvalue weighted by Crippen LogP contribution is 2.07. The molecule has 1 aromatic rings. The first-order valence-electron chi connectivity index (χ1n) is 7.09. The Hall–Kier alpha value is -1.59. The third kappa shape index (κ3) is 5.02. The standard InChI is InChI=1S/C15H21N3O2.ClH/c1-2-16-14(19)12-6-3-5-11(9-12)10-18-15(20)13-7-4-8-17-13;/h3,5-6,9,13,17H,2,4,7-8,10H2,1H3,(H,16,19)(H,18,20);1H. The SMILES string of the molecule is CCNC(=O)c1cccc(CNC(=O)C2CCCN2)c1.Cl. The van der Waals surface area contributed by atoms with Gasteiger partial charge in [0.15, 0.2) is 0 Å².